The summed E-state index contributed by atoms with van der Waals surface area (Å²) in [5.74, 6) is -0.00969. The number of carbonyl (C=O) groups excluding carboxylic acids is 1. The zero-order valence-electron chi connectivity index (χ0n) is 19.0. The number of fused-ring (bicyclic) bond motifs is 1. The van der Waals surface area contributed by atoms with Gasteiger partial charge in [-0.05, 0) is 53.9 Å². The molecule has 6 nitrogen and oxygen atoms in total. The third-order valence-corrected chi connectivity index (χ3v) is 7.74. The van der Waals surface area contributed by atoms with Crippen LogP contribution in [0, 0.1) is 0 Å². The average molecular weight is 481 g/mol. The fraction of sp³-hybridized carbons (Fsp3) is 0.179. The molecule has 2 aromatic carbocycles. The fourth-order valence-electron chi connectivity index (χ4n) is 4.87. The van der Waals surface area contributed by atoms with Gasteiger partial charge < -0.3 is 10.4 Å². The smallest absolute Gasteiger partial charge is 0.284 e. The molecule has 1 amide bonds. The molecule has 7 heteroatoms. The number of amides is 1. The maximum Gasteiger partial charge on any atom is 0.284 e. The summed E-state index contributed by atoms with van der Waals surface area (Å²) in [6.07, 6.45) is 4.99. The van der Waals surface area contributed by atoms with Gasteiger partial charge in [-0.1, -0.05) is 42.5 Å². The first-order chi connectivity index (χ1) is 17.2. The van der Waals surface area contributed by atoms with E-state index >= 15 is 0 Å². The summed E-state index contributed by atoms with van der Waals surface area (Å²) in [5, 5.41) is 20.3. The van der Waals surface area contributed by atoms with E-state index in [9.17, 15) is 9.90 Å². The number of carbonyl (C=O) groups is 1. The van der Waals surface area contributed by atoms with Crippen LogP contribution in [0.5, 0.6) is 5.75 Å². The van der Waals surface area contributed by atoms with Gasteiger partial charge in [0.05, 0.1) is 16.6 Å². The van der Waals surface area contributed by atoms with Gasteiger partial charge in [-0.3, -0.25) is 9.78 Å². The van der Waals surface area contributed by atoms with Crippen molar-refractivity contribution in [2.45, 2.75) is 25.4 Å². The Hall–Kier alpha value is -3.81. The van der Waals surface area contributed by atoms with Gasteiger partial charge in [-0.15, -0.1) is 11.3 Å². The van der Waals surface area contributed by atoms with Crippen LogP contribution >= 0.6 is 11.3 Å². The van der Waals surface area contributed by atoms with Crippen molar-refractivity contribution >= 4 is 23.0 Å². The molecule has 2 aliphatic rings. The molecule has 35 heavy (non-hydrogen) atoms. The normalized spacial score (nSPS) is 17.2. The summed E-state index contributed by atoms with van der Waals surface area (Å²) >= 11 is 1.49. The predicted octanol–water partition coefficient (Wildman–Crippen LogP) is 5.15. The van der Waals surface area contributed by atoms with Crippen LogP contribution in [-0.2, 0) is 13.0 Å². The minimum atomic E-state index is -0.391. The number of nitrogens with zero attached hydrogens (tertiary/aromatic N) is 3. The molecule has 0 spiro atoms. The Morgan fingerprint density at radius 3 is 2.83 bits per heavy atom. The second-order valence-corrected chi connectivity index (χ2v) is 9.83. The Morgan fingerprint density at radius 1 is 1.06 bits per heavy atom. The summed E-state index contributed by atoms with van der Waals surface area (Å²) in [4.78, 5) is 19.7. The minimum absolute atomic E-state index is 0.160. The number of aromatic nitrogens is 1. The van der Waals surface area contributed by atoms with Gasteiger partial charge in [0.1, 0.15) is 5.75 Å². The van der Waals surface area contributed by atoms with Crippen LogP contribution in [-0.4, -0.2) is 33.3 Å². The van der Waals surface area contributed by atoms with Crippen molar-refractivity contribution in [2.24, 2.45) is 5.10 Å². The maximum atomic E-state index is 13.8. The SMILES string of the molecule is O=C(c1ccc(-c2cccc3c2CNCC3)s1)N1N=C(c2cccnc2)CC1c1ccccc1O. The molecule has 2 N–H and O–H groups in total. The first-order valence-corrected chi connectivity index (χ1v) is 12.5. The van der Waals surface area contributed by atoms with E-state index in [0.29, 0.717) is 16.9 Å². The molecule has 2 aliphatic heterocycles. The lowest BCUT2D eigenvalue weighted by Crippen LogP contribution is -2.26. The first-order valence-electron chi connectivity index (χ1n) is 11.7. The highest BCUT2D eigenvalue weighted by molar-refractivity contribution is 7.17. The van der Waals surface area contributed by atoms with Crippen molar-refractivity contribution < 1.29 is 9.90 Å². The number of hydrazone groups is 1. The fourth-order valence-corrected chi connectivity index (χ4v) is 5.86. The first kappa shape index (κ1) is 21.7. The second kappa shape index (κ2) is 9.09. The largest absolute Gasteiger partial charge is 0.508 e. The molecule has 174 valence electrons. The van der Waals surface area contributed by atoms with Crippen LogP contribution in [0.3, 0.4) is 0 Å². The van der Waals surface area contributed by atoms with Crippen molar-refractivity contribution in [3.05, 3.63) is 106 Å². The van der Waals surface area contributed by atoms with Crippen LogP contribution in [0.15, 0.2) is 84.2 Å². The standard InChI is InChI=1S/C28H24N4O2S/c33-25-9-2-1-7-21(25)24-15-23(19-6-4-13-29-16-19)31-32(24)28(34)27-11-10-26(35-27)20-8-3-5-18-12-14-30-17-22(18)20/h1-11,13,16,24,30,33H,12,14-15,17H2. The number of phenolic OH excluding ortho intramolecular Hbond substituents is 1. The molecule has 0 radical (unpaired) electrons. The molecule has 1 unspecified atom stereocenters. The molecule has 0 fully saturated rings. The molecule has 0 saturated heterocycles. The van der Waals surface area contributed by atoms with Crippen LogP contribution in [0.25, 0.3) is 10.4 Å². The van der Waals surface area contributed by atoms with Crippen molar-refractivity contribution in [1.82, 2.24) is 15.3 Å². The Kier molecular flexibility index (Phi) is 5.64. The molecule has 0 saturated carbocycles. The summed E-state index contributed by atoms with van der Waals surface area (Å²) in [7, 11) is 0. The van der Waals surface area contributed by atoms with Crippen molar-refractivity contribution in [2.75, 3.05) is 6.54 Å². The van der Waals surface area contributed by atoms with E-state index in [0.717, 1.165) is 35.7 Å². The summed E-state index contributed by atoms with van der Waals surface area (Å²) in [6.45, 7) is 1.83. The molecule has 4 aromatic rings. The average Bonchev–Trinajstić information content (AvgIpc) is 3.57. The molecule has 6 rings (SSSR count). The Bertz CT molecular complexity index is 1430. The van der Waals surface area contributed by atoms with Gasteiger partial charge in [-0.25, -0.2) is 5.01 Å². The molecule has 0 bridgehead atoms. The number of phenols is 1. The van der Waals surface area contributed by atoms with Gasteiger partial charge in [0.25, 0.3) is 5.91 Å². The third-order valence-electron chi connectivity index (χ3n) is 6.64. The van der Waals surface area contributed by atoms with Gasteiger partial charge in [0.2, 0.25) is 0 Å². The van der Waals surface area contributed by atoms with E-state index in [1.54, 1.807) is 24.5 Å². The number of aromatic hydroxyl groups is 1. The third kappa shape index (κ3) is 4.03. The van der Waals surface area contributed by atoms with E-state index in [4.69, 9.17) is 5.10 Å². The van der Waals surface area contributed by atoms with E-state index in [1.165, 1.54) is 33.0 Å². The van der Waals surface area contributed by atoms with E-state index in [1.807, 2.05) is 36.4 Å². The number of hydrogen-bond donors (Lipinski definition) is 2. The van der Waals surface area contributed by atoms with Gasteiger partial charge in [0.15, 0.2) is 0 Å². The number of para-hydroxylation sites is 1. The number of rotatable bonds is 4. The maximum absolute atomic E-state index is 13.8. The number of hydrogen-bond acceptors (Lipinski definition) is 6. The van der Waals surface area contributed by atoms with E-state index in [2.05, 4.69) is 28.5 Å². The quantitative estimate of drug-likeness (QED) is 0.423. The van der Waals surface area contributed by atoms with Crippen LogP contribution in [0.1, 0.15) is 44.4 Å². The summed E-state index contributed by atoms with van der Waals surface area (Å²) < 4.78 is 0. The lowest BCUT2D eigenvalue weighted by atomic mass is 9.95. The number of nitrogens with one attached hydrogen (secondary N) is 1. The monoisotopic (exact) mass is 480 g/mol. The molecule has 4 heterocycles. The summed E-state index contributed by atoms with van der Waals surface area (Å²) in [5.41, 5.74) is 6.19. The Labute approximate surface area is 207 Å². The molecular formula is C28H24N4O2S. The van der Waals surface area contributed by atoms with Crippen LogP contribution < -0.4 is 5.32 Å². The van der Waals surface area contributed by atoms with Crippen molar-refractivity contribution in [3.8, 4) is 16.2 Å². The van der Waals surface area contributed by atoms with Crippen molar-refractivity contribution in [1.29, 1.82) is 0 Å². The highest BCUT2D eigenvalue weighted by Crippen LogP contribution is 2.40. The molecule has 0 aliphatic carbocycles. The van der Waals surface area contributed by atoms with E-state index in [-0.39, 0.29) is 11.7 Å². The summed E-state index contributed by atoms with van der Waals surface area (Å²) in [6, 6.07) is 20.9. The van der Waals surface area contributed by atoms with Gasteiger partial charge >= 0.3 is 0 Å². The zero-order chi connectivity index (χ0) is 23.8. The number of benzene rings is 2. The Balaban J connectivity index is 1.36. The highest BCUT2D eigenvalue weighted by Gasteiger charge is 2.35. The molecule has 2 aromatic heterocycles. The molecular weight excluding hydrogens is 456 g/mol. The molecule has 1 atom stereocenters. The lowest BCUT2D eigenvalue weighted by molar-refractivity contribution is 0.0714. The zero-order valence-corrected chi connectivity index (χ0v) is 19.8. The predicted molar refractivity (Wildman–Crippen MR) is 138 cm³/mol. The van der Waals surface area contributed by atoms with Gasteiger partial charge in [-0.2, -0.15) is 5.10 Å². The minimum Gasteiger partial charge on any atom is -0.508 e. The number of thiophene rings is 1. The van der Waals surface area contributed by atoms with Gasteiger partial charge in [0, 0.05) is 41.4 Å². The second-order valence-electron chi connectivity index (χ2n) is 8.75. The van der Waals surface area contributed by atoms with E-state index < -0.39 is 6.04 Å². The topological polar surface area (TPSA) is 77.8 Å². The Morgan fingerprint density at radius 2 is 1.97 bits per heavy atom. The highest BCUT2D eigenvalue weighted by atomic mass is 32.1. The van der Waals surface area contributed by atoms with Crippen molar-refractivity contribution in [3.63, 3.8) is 0 Å². The lowest BCUT2D eigenvalue weighted by Gasteiger charge is -2.22. The van der Waals surface area contributed by atoms with Crippen LogP contribution in [0.4, 0.5) is 0 Å². The number of pyridine rings is 1. The van der Waals surface area contributed by atoms with Crippen LogP contribution in [0.2, 0.25) is 0 Å².